The zero-order valence-electron chi connectivity index (χ0n) is 11.9. The van der Waals surface area contributed by atoms with E-state index in [4.69, 9.17) is 0 Å². The van der Waals surface area contributed by atoms with E-state index in [1.54, 1.807) is 6.92 Å². The topological polar surface area (TPSA) is 61.4 Å². The Balaban J connectivity index is 2.28. The zero-order valence-corrected chi connectivity index (χ0v) is 11.9. The summed E-state index contributed by atoms with van der Waals surface area (Å²) in [6.07, 6.45) is 0.659. The lowest BCUT2D eigenvalue weighted by atomic mass is 9.94. The maximum Gasteiger partial charge on any atom is 0.315 e. The molecule has 0 fully saturated rings. The highest BCUT2D eigenvalue weighted by Gasteiger charge is 2.22. The molecule has 4 heteroatoms. The van der Waals surface area contributed by atoms with Gasteiger partial charge in [0.25, 0.3) is 0 Å². The average Bonchev–Trinajstić information content (AvgIpc) is 2.34. The van der Waals surface area contributed by atoms with Crippen LogP contribution in [0.3, 0.4) is 0 Å². The van der Waals surface area contributed by atoms with Gasteiger partial charge < -0.3 is 15.7 Å². The normalized spacial score (nSPS) is 13.9. The molecule has 1 aromatic carbocycles. The molecule has 0 aliphatic heterocycles. The fourth-order valence-electron chi connectivity index (χ4n) is 2.06. The summed E-state index contributed by atoms with van der Waals surface area (Å²) in [4.78, 5) is 11.6. The molecule has 0 saturated heterocycles. The first-order valence-electron chi connectivity index (χ1n) is 6.67. The maximum absolute atomic E-state index is 11.6. The van der Waals surface area contributed by atoms with Crippen LogP contribution in [0.5, 0.6) is 0 Å². The number of urea groups is 1. The molecule has 19 heavy (non-hydrogen) atoms. The molecule has 106 valence electrons. The lowest BCUT2D eigenvalue weighted by Crippen LogP contribution is -2.45. The molecule has 3 N–H and O–H groups in total. The summed E-state index contributed by atoms with van der Waals surface area (Å²) in [6, 6.07) is 9.45. The number of hydrogen-bond acceptors (Lipinski definition) is 2. The van der Waals surface area contributed by atoms with Crippen molar-refractivity contribution in [3.8, 4) is 0 Å². The molecule has 0 aliphatic carbocycles. The van der Waals surface area contributed by atoms with Crippen molar-refractivity contribution < 1.29 is 9.90 Å². The van der Waals surface area contributed by atoms with Crippen LogP contribution in [0.4, 0.5) is 4.79 Å². The second-order valence-corrected chi connectivity index (χ2v) is 5.62. The van der Waals surface area contributed by atoms with Gasteiger partial charge in [0.15, 0.2) is 0 Å². The summed E-state index contributed by atoms with van der Waals surface area (Å²) >= 11 is 0. The first-order chi connectivity index (χ1) is 8.89. The minimum absolute atomic E-state index is 0.256. The van der Waals surface area contributed by atoms with E-state index in [1.807, 2.05) is 44.2 Å². The fraction of sp³-hybridized carbons (Fsp3) is 0.533. The molecule has 1 aromatic rings. The van der Waals surface area contributed by atoms with Gasteiger partial charge in [-0.3, -0.25) is 0 Å². The summed E-state index contributed by atoms with van der Waals surface area (Å²) < 4.78 is 0. The number of rotatable bonds is 6. The summed E-state index contributed by atoms with van der Waals surface area (Å²) in [6.45, 7) is 6.57. The molecule has 2 amide bonds. The number of amides is 2. The van der Waals surface area contributed by atoms with Gasteiger partial charge >= 0.3 is 6.03 Å². The minimum Gasteiger partial charge on any atom is -0.388 e. The second kappa shape index (κ2) is 7.14. The summed E-state index contributed by atoms with van der Waals surface area (Å²) in [5.41, 5.74) is 0.185. The van der Waals surface area contributed by atoms with E-state index >= 15 is 0 Å². The van der Waals surface area contributed by atoms with E-state index in [-0.39, 0.29) is 12.6 Å². The highest BCUT2D eigenvalue weighted by Crippen LogP contribution is 2.14. The van der Waals surface area contributed by atoms with Crippen LogP contribution in [0.2, 0.25) is 0 Å². The van der Waals surface area contributed by atoms with Crippen LogP contribution in [-0.2, 0) is 6.54 Å². The molecule has 1 unspecified atom stereocenters. The van der Waals surface area contributed by atoms with Crippen LogP contribution in [0.25, 0.3) is 0 Å². The van der Waals surface area contributed by atoms with Crippen molar-refractivity contribution in [2.45, 2.75) is 39.3 Å². The van der Waals surface area contributed by atoms with Gasteiger partial charge in [0, 0.05) is 13.1 Å². The first kappa shape index (κ1) is 15.5. The van der Waals surface area contributed by atoms with Gasteiger partial charge in [-0.15, -0.1) is 0 Å². The molecule has 1 atom stereocenters. The molecule has 0 aliphatic rings. The van der Waals surface area contributed by atoms with E-state index in [2.05, 4.69) is 10.6 Å². The molecule has 0 saturated carbocycles. The Morgan fingerprint density at radius 1 is 1.26 bits per heavy atom. The SMILES string of the molecule is CC(C)CC(C)(O)CNC(=O)NCc1ccccc1. The van der Waals surface area contributed by atoms with E-state index < -0.39 is 5.60 Å². The predicted octanol–water partition coefficient (Wildman–Crippen LogP) is 2.28. The smallest absolute Gasteiger partial charge is 0.315 e. The minimum atomic E-state index is -0.863. The van der Waals surface area contributed by atoms with Crippen molar-refractivity contribution in [1.29, 1.82) is 0 Å². The van der Waals surface area contributed by atoms with Crippen LogP contribution in [-0.4, -0.2) is 23.3 Å². The molecule has 0 spiro atoms. The Morgan fingerprint density at radius 2 is 1.89 bits per heavy atom. The van der Waals surface area contributed by atoms with Gasteiger partial charge in [0.2, 0.25) is 0 Å². The van der Waals surface area contributed by atoms with Gasteiger partial charge in [-0.05, 0) is 24.8 Å². The van der Waals surface area contributed by atoms with Crippen LogP contribution in [0.1, 0.15) is 32.8 Å². The predicted molar refractivity (Wildman–Crippen MR) is 76.8 cm³/mol. The zero-order chi connectivity index (χ0) is 14.3. The van der Waals surface area contributed by atoms with E-state index in [0.29, 0.717) is 18.9 Å². The Kier molecular flexibility index (Phi) is 5.83. The Morgan fingerprint density at radius 3 is 2.47 bits per heavy atom. The molecule has 1 rings (SSSR count). The number of carbonyl (C=O) groups excluding carboxylic acids is 1. The first-order valence-corrected chi connectivity index (χ1v) is 6.67. The van der Waals surface area contributed by atoms with Gasteiger partial charge in [-0.2, -0.15) is 0 Å². The summed E-state index contributed by atoms with van der Waals surface area (Å²) in [5, 5.41) is 15.5. The van der Waals surface area contributed by atoms with Crippen LogP contribution < -0.4 is 10.6 Å². The van der Waals surface area contributed by atoms with E-state index in [0.717, 1.165) is 5.56 Å². The number of hydrogen-bond donors (Lipinski definition) is 3. The third-order valence-electron chi connectivity index (χ3n) is 2.77. The molecule has 0 aromatic heterocycles. The largest absolute Gasteiger partial charge is 0.388 e. The number of nitrogens with one attached hydrogen (secondary N) is 2. The van der Waals surface area contributed by atoms with Crippen molar-refractivity contribution >= 4 is 6.03 Å². The van der Waals surface area contributed by atoms with Crippen molar-refractivity contribution in [3.05, 3.63) is 35.9 Å². The number of aliphatic hydroxyl groups is 1. The van der Waals surface area contributed by atoms with Crippen LogP contribution in [0, 0.1) is 5.92 Å². The molecule has 4 nitrogen and oxygen atoms in total. The third kappa shape index (κ3) is 6.82. The standard InChI is InChI=1S/C15H24N2O2/c1-12(2)9-15(3,19)11-17-14(18)16-10-13-7-5-4-6-8-13/h4-8,12,19H,9-11H2,1-3H3,(H2,16,17,18). The monoisotopic (exact) mass is 264 g/mol. The van der Waals surface area contributed by atoms with E-state index in [1.165, 1.54) is 0 Å². The molecule has 0 bridgehead atoms. The van der Waals surface area contributed by atoms with Gasteiger partial charge in [-0.1, -0.05) is 44.2 Å². The molecular weight excluding hydrogens is 240 g/mol. The van der Waals surface area contributed by atoms with E-state index in [9.17, 15) is 9.90 Å². The fourth-order valence-corrected chi connectivity index (χ4v) is 2.06. The Labute approximate surface area is 115 Å². The van der Waals surface area contributed by atoms with Crippen molar-refractivity contribution in [1.82, 2.24) is 10.6 Å². The van der Waals surface area contributed by atoms with Crippen LogP contribution >= 0.6 is 0 Å². The second-order valence-electron chi connectivity index (χ2n) is 5.62. The van der Waals surface area contributed by atoms with Gasteiger partial charge in [0.05, 0.1) is 5.60 Å². The van der Waals surface area contributed by atoms with Gasteiger partial charge in [-0.25, -0.2) is 4.79 Å². The number of carbonyl (C=O) groups is 1. The molecule has 0 radical (unpaired) electrons. The lowest BCUT2D eigenvalue weighted by molar-refractivity contribution is 0.0409. The number of benzene rings is 1. The lowest BCUT2D eigenvalue weighted by Gasteiger charge is -2.25. The van der Waals surface area contributed by atoms with Gasteiger partial charge in [0.1, 0.15) is 0 Å². The molecule has 0 heterocycles. The highest BCUT2D eigenvalue weighted by atomic mass is 16.3. The van der Waals surface area contributed by atoms with Crippen LogP contribution in [0.15, 0.2) is 30.3 Å². The quantitative estimate of drug-likeness (QED) is 0.738. The summed E-state index contributed by atoms with van der Waals surface area (Å²) in [5.74, 6) is 0.393. The van der Waals surface area contributed by atoms with Crippen molar-refractivity contribution in [3.63, 3.8) is 0 Å². The van der Waals surface area contributed by atoms with Crippen molar-refractivity contribution in [2.75, 3.05) is 6.54 Å². The average molecular weight is 264 g/mol. The third-order valence-corrected chi connectivity index (χ3v) is 2.77. The summed E-state index contributed by atoms with van der Waals surface area (Å²) in [7, 11) is 0. The maximum atomic E-state index is 11.6. The Bertz CT molecular complexity index is 388. The highest BCUT2D eigenvalue weighted by molar-refractivity contribution is 5.73. The van der Waals surface area contributed by atoms with Crippen molar-refractivity contribution in [2.24, 2.45) is 5.92 Å². The Hall–Kier alpha value is -1.55. The molecular formula is C15H24N2O2.